The highest BCUT2D eigenvalue weighted by Crippen LogP contribution is 2.67. The van der Waals surface area contributed by atoms with Crippen molar-refractivity contribution in [3.05, 3.63) is 341 Å². The molecule has 0 amide bonds. The van der Waals surface area contributed by atoms with Gasteiger partial charge in [0.2, 0.25) is 0 Å². The summed E-state index contributed by atoms with van der Waals surface area (Å²) >= 11 is 0. The van der Waals surface area contributed by atoms with E-state index >= 15 is 0 Å². The first-order chi connectivity index (χ1) is 61.5. The van der Waals surface area contributed by atoms with E-state index in [1.807, 2.05) is 0 Å². The maximum absolute atomic E-state index is 2.55. The van der Waals surface area contributed by atoms with Crippen LogP contribution in [0.1, 0.15) is 384 Å². The molecule has 0 fully saturated rings. The lowest BCUT2D eigenvalue weighted by Gasteiger charge is -2.34. The molecule has 0 spiro atoms. The van der Waals surface area contributed by atoms with E-state index in [1.165, 1.54) is 317 Å². The molecular weight excluding hydrogens is 1610 g/mol. The fourth-order valence-corrected chi connectivity index (χ4v) is 28.5. The van der Waals surface area contributed by atoms with Crippen LogP contribution in [0, 0.1) is 290 Å². The lowest BCUT2D eigenvalue weighted by Crippen LogP contribution is -2.26. The molecule has 19 rings (SSSR count). The second kappa shape index (κ2) is 33.4. The monoisotopic (exact) mass is 1780 g/mol. The van der Waals surface area contributed by atoms with Gasteiger partial charge in [-0.15, -0.1) is 0 Å². The van der Waals surface area contributed by atoms with Crippen LogP contribution in [0.5, 0.6) is 0 Å². The molecule has 0 radical (unpaired) electrons. The van der Waals surface area contributed by atoms with Crippen LogP contribution in [0.25, 0.3) is 72.3 Å². The Balaban J connectivity index is 0.000000136. The van der Waals surface area contributed by atoms with Crippen molar-refractivity contribution in [1.82, 2.24) is 0 Å². The second-order valence-electron chi connectivity index (χ2n) is 46.1. The van der Waals surface area contributed by atoms with E-state index in [1.54, 1.807) is 72.4 Å². The first kappa shape index (κ1) is 100. The predicted octanol–water partition coefficient (Wildman–Crippen LogP) is 37.5. The molecule has 134 heavy (non-hydrogen) atoms. The summed E-state index contributed by atoms with van der Waals surface area (Å²) in [6, 6.07) is 2.55. The third kappa shape index (κ3) is 13.3. The summed E-state index contributed by atoms with van der Waals surface area (Å²) in [5.74, 6) is 1.08. The van der Waals surface area contributed by atoms with Crippen LogP contribution in [0.2, 0.25) is 0 Å². The molecule has 0 N–H and O–H groups in total. The maximum Gasteiger partial charge on any atom is 0.0205 e. The topological polar surface area (TPSA) is 0 Å². The lowest BCUT2D eigenvalue weighted by atomic mass is 9.70. The van der Waals surface area contributed by atoms with Crippen molar-refractivity contribution in [2.75, 3.05) is 0 Å². The normalized spacial score (nSPS) is 16.3. The minimum Gasteiger partial charge on any atom is -0.0776 e. The van der Waals surface area contributed by atoms with Crippen molar-refractivity contribution in [1.29, 1.82) is 0 Å². The zero-order valence-electron chi connectivity index (χ0n) is 93.2. The summed E-state index contributed by atoms with van der Waals surface area (Å²) in [4.78, 5) is 0. The van der Waals surface area contributed by atoms with E-state index in [-0.39, 0.29) is 29.1 Å². The molecule has 0 saturated carbocycles. The number of hydrogen-bond acceptors (Lipinski definition) is 0. The summed E-state index contributed by atoms with van der Waals surface area (Å²) in [5, 5.41) is 0. The fraction of sp³-hybridized carbons (Fsp3) is 0.448. The standard InChI is InChI=1S/C34H42.C32H40.C23H26.C23H30.C21H26.CH4/c1-15-17(3)23(9)29-25(19(15)5)27-21(7)22(8)28-26-20(6)16(2)18(4)24(10)30(26)34(13,14)32(28)31(27)33(29,11)12;1-15-16(2)21(7)28(22(8)17(15)3)26-14-27-29(24(10)20(26)6)30-23(9)18(4)19(5)25(11)31(30)32(27,12)13;1-11-12(2)16(6)21-20(15(11)5)19-10-8-9-18-14(4)13(3)17(7)22(21)23(18)19;1-11-13(3)17(7)21-19(15(11)5)20-16(6)12(2)14(4)18(8)22(20)23(21,9)10;1-10-12(3)16(7)20-18(14(10)5)9-19-15(6)11(2)13(4)17(8)21(19)20;/h1-14H3;14H,1-13H3;8-10,22-23H,1-7H3;1-10H3;9H2,1-8H3;1H4. The summed E-state index contributed by atoms with van der Waals surface area (Å²) in [5.41, 5.74) is 105. The largest absolute Gasteiger partial charge is 0.0776 e. The first-order valence-electron chi connectivity index (χ1n) is 50.5. The summed E-state index contributed by atoms with van der Waals surface area (Å²) in [7, 11) is 0. The number of hydrogen-bond donors (Lipinski definition) is 0. The van der Waals surface area contributed by atoms with Gasteiger partial charge in [-0.3, -0.25) is 0 Å². The van der Waals surface area contributed by atoms with E-state index in [4.69, 9.17) is 0 Å². The second-order valence-corrected chi connectivity index (χ2v) is 46.1. The molecular formula is C134H168. The molecule has 2 atom stereocenters. The molecule has 0 bridgehead atoms. The third-order valence-corrected chi connectivity index (χ3v) is 39.9. The Bertz CT molecular complexity index is 7030. The van der Waals surface area contributed by atoms with E-state index in [0.717, 1.165) is 6.42 Å². The summed E-state index contributed by atoms with van der Waals surface area (Å²) < 4.78 is 0. The summed E-state index contributed by atoms with van der Waals surface area (Å²) in [6.07, 6.45) is 8.10. The average Bonchev–Trinajstić information content (AvgIpc) is 1.49. The minimum absolute atomic E-state index is 0. The van der Waals surface area contributed by atoms with Gasteiger partial charge in [0.15, 0.2) is 0 Å². The highest BCUT2D eigenvalue weighted by atomic mass is 14.6. The minimum atomic E-state index is -0.0221. The van der Waals surface area contributed by atoms with E-state index in [9.17, 15) is 0 Å². The molecule has 11 aromatic rings. The van der Waals surface area contributed by atoms with Crippen molar-refractivity contribution in [3.63, 3.8) is 0 Å². The van der Waals surface area contributed by atoms with Crippen LogP contribution >= 0.6 is 0 Å². The molecule has 0 aromatic heterocycles. The van der Waals surface area contributed by atoms with Gasteiger partial charge in [0.25, 0.3) is 0 Å². The van der Waals surface area contributed by atoms with Crippen LogP contribution in [-0.4, -0.2) is 0 Å². The van der Waals surface area contributed by atoms with Crippen molar-refractivity contribution < 1.29 is 0 Å². The van der Waals surface area contributed by atoms with Crippen molar-refractivity contribution in [2.45, 2.75) is 401 Å². The Morgan fingerprint density at radius 3 is 0.761 bits per heavy atom. The Morgan fingerprint density at radius 2 is 0.433 bits per heavy atom. The molecule has 0 heterocycles. The summed E-state index contributed by atoms with van der Waals surface area (Å²) in [6.45, 7) is 121. The van der Waals surface area contributed by atoms with Crippen LogP contribution in [0.4, 0.5) is 0 Å². The highest BCUT2D eigenvalue weighted by molar-refractivity contribution is 6.00. The molecule has 2 unspecified atom stereocenters. The molecule has 11 aromatic carbocycles. The van der Waals surface area contributed by atoms with Crippen LogP contribution in [-0.2, 0) is 28.1 Å². The predicted molar refractivity (Wildman–Crippen MR) is 592 cm³/mol. The molecule has 0 nitrogen and oxygen atoms in total. The zero-order chi connectivity index (χ0) is 99.1. The fourth-order valence-electron chi connectivity index (χ4n) is 28.5. The van der Waals surface area contributed by atoms with E-state index < -0.39 is 0 Å². The number of rotatable bonds is 1. The van der Waals surface area contributed by atoms with Gasteiger partial charge >= 0.3 is 0 Å². The Labute approximate surface area is 815 Å². The number of allylic oxidation sites excluding steroid dienone is 8. The van der Waals surface area contributed by atoms with Gasteiger partial charge in [-0.2, -0.15) is 0 Å². The van der Waals surface area contributed by atoms with Gasteiger partial charge in [0.1, 0.15) is 0 Å². The smallest absolute Gasteiger partial charge is 0.0205 e. The van der Waals surface area contributed by atoms with Gasteiger partial charge < -0.3 is 0 Å². The van der Waals surface area contributed by atoms with Gasteiger partial charge in [-0.1, -0.05) is 86.6 Å². The van der Waals surface area contributed by atoms with E-state index in [0.29, 0.717) is 11.8 Å². The average molecular weight is 1780 g/mol. The quantitative estimate of drug-likeness (QED) is 0.154. The van der Waals surface area contributed by atoms with Gasteiger partial charge in [-0.05, 0) is 701 Å². The third-order valence-electron chi connectivity index (χ3n) is 39.9. The van der Waals surface area contributed by atoms with Crippen LogP contribution in [0.3, 0.4) is 0 Å². The molecule has 0 heteroatoms. The number of fused-ring (bicyclic) bond motifs is 19. The van der Waals surface area contributed by atoms with Gasteiger partial charge in [0.05, 0.1) is 0 Å². The molecule has 8 aliphatic rings. The Hall–Kier alpha value is -9.62. The molecule has 8 aliphatic carbocycles. The Kier molecular flexibility index (Phi) is 25.0. The maximum atomic E-state index is 2.55. The van der Waals surface area contributed by atoms with Crippen molar-refractivity contribution in [2.24, 2.45) is 5.92 Å². The molecule has 704 valence electrons. The number of benzene rings is 11. The van der Waals surface area contributed by atoms with Crippen LogP contribution < -0.4 is 0 Å². The van der Waals surface area contributed by atoms with Crippen molar-refractivity contribution >= 4 is 5.57 Å². The van der Waals surface area contributed by atoms with Gasteiger partial charge in [0, 0.05) is 33.5 Å². The SMILES string of the molecule is C.CC1=C2C=CC=C3c4c(C)c(C)c(C)c(C)c4C(C(C)=C1C)C32.Cc1c(-c2c(C)c(C)c(C)c(C)c2C)cc2c(c1C)-c1c(C)c(C)c(C)c(C)c1C2(C)C.Cc1c(C)c(C)c2c(c1C)-c1c(C)c(C)c(C)c(C)c1C2(C)C.Cc1c(C)c(C)c2c(c1C)-c1c(C)c(C)c3c(c1C2(C)C)C(C)(C)c1c(C)c(C)c(C)c(C)c1-3.Cc1c(C)c(C)c2c(c1C)Cc1c(C)c(C)c(C)c(C)c1-2. The van der Waals surface area contributed by atoms with Crippen LogP contribution in [0.15, 0.2) is 46.6 Å². The first-order valence-corrected chi connectivity index (χ1v) is 50.5. The molecule has 0 aliphatic heterocycles. The lowest BCUT2D eigenvalue weighted by molar-refractivity contribution is 0.595. The van der Waals surface area contributed by atoms with Crippen molar-refractivity contribution in [3.8, 4) is 66.8 Å². The Morgan fingerprint density at radius 1 is 0.201 bits per heavy atom. The highest BCUT2D eigenvalue weighted by Gasteiger charge is 2.52. The van der Waals surface area contributed by atoms with E-state index in [2.05, 4.69) is 384 Å². The zero-order valence-corrected chi connectivity index (χ0v) is 93.2. The van der Waals surface area contributed by atoms with Gasteiger partial charge in [-0.25, -0.2) is 0 Å². The molecule has 0 saturated heterocycles.